The molecular formula is C11H19N3O. The highest BCUT2D eigenvalue weighted by atomic mass is 16.5. The van der Waals surface area contributed by atoms with Gasteiger partial charge in [-0.15, -0.1) is 0 Å². The Balaban J connectivity index is 2.13. The molecular weight excluding hydrogens is 190 g/mol. The SMILES string of the molecule is COCC(C)n1cncc1C1CCCN1. The predicted octanol–water partition coefficient (Wildman–Crippen LogP) is 1.52. The highest BCUT2D eigenvalue weighted by Crippen LogP contribution is 2.24. The fourth-order valence-electron chi connectivity index (χ4n) is 2.21. The third-order valence-corrected chi connectivity index (χ3v) is 3.00. The molecule has 4 nitrogen and oxygen atoms in total. The normalized spacial score (nSPS) is 23.2. The molecule has 1 saturated heterocycles. The van der Waals surface area contributed by atoms with Crippen molar-refractivity contribution in [1.82, 2.24) is 14.9 Å². The lowest BCUT2D eigenvalue weighted by molar-refractivity contribution is 0.160. The zero-order valence-electron chi connectivity index (χ0n) is 9.44. The lowest BCUT2D eigenvalue weighted by atomic mass is 10.1. The molecule has 1 aliphatic rings. The molecule has 1 aromatic heterocycles. The topological polar surface area (TPSA) is 39.1 Å². The van der Waals surface area contributed by atoms with E-state index in [4.69, 9.17) is 4.74 Å². The Morgan fingerprint density at radius 1 is 1.73 bits per heavy atom. The minimum atomic E-state index is 0.356. The summed E-state index contributed by atoms with van der Waals surface area (Å²) in [5.74, 6) is 0. The molecule has 0 aliphatic carbocycles. The number of nitrogens with zero attached hydrogens (tertiary/aromatic N) is 2. The van der Waals surface area contributed by atoms with Gasteiger partial charge in [0.1, 0.15) is 0 Å². The van der Waals surface area contributed by atoms with Gasteiger partial charge in [0, 0.05) is 19.3 Å². The first kappa shape index (κ1) is 10.6. The van der Waals surface area contributed by atoms with Crippen molar-refractivity contribution in [3.8, 4) is 0 Å². The van der Waals surface area contributed by atoms with Crippen molar-refractivity contribution in [2.75, 3.05) is 20.3 Å². The summed E-state index contributed by atoms with van der Waals surface area (Å²) in [4.78, 5) is 4.24. The first-order valence-electron chi connectivity index (χ1n) is 5.57. The van der Waals surface area contributed by atoms with Crippen LogP contribution in [0.3, 0.4) is 0 Å². The Morgan fingerprint density at radius 3 is 3.27 bits per heavy atom. The summed E-state index contributed by atoms with van der Waals surface area (Å²) in [6.07, 6.45) is 6.34. The van der Waals surface area contributed by atoms with Crippen LogP contribution in [0.15, 0.2) is 12.5 Å². The summed E-state index contributed by atoms with van der Waals surface area (Å²) in [6.45, 7) is 4.01. The van der Waals surface area contributed by atoms with E-state index in [0.717, 1.165) is 13.2 Å². The lowest BCUT2D eigenvalue weighted by Gasteiger charge is -2.19. The van der Waals surface area contributed by atoms with Gasteiger partial charge in [0.15, 0.2) is 0 Å². The molecule has 15 heavy (non-hydrogen) atoms. The van der Waals surface area contributed by atoms with Gasteiger partial charge in [-0.1, -0.05) is 0 Å². The second kappa shape index (κ2) is 4.77. The number of methoxy groups -OCH3 is 1. The first-order valence-corrected chi connectivity index (χ1v) is 5.57. The first-order chi connectivity index (χ1) is 7.33. The van der Waals surface area contributed by atoms with E-state index in [1.807, 2.05) is 12.5 Å². The lowest BCUT2D eigenvalue weighted by Crippen LogP contribution is -2.20. The van der Waals surface area contributed by atoms with Crippen LogP contribution in [0.5, 0.6) is 0 Å². The summed E-state index contributed by atoms with van der Waals surface area (Å²) in [6, 6.07) is 0.835. The Labute approximate surface area is 90.6 Å². The van der Waals surface area contributed by atoms with E-state index in [2.05, 4.69) is 21.8 Å². The average Bonchev–Trinajstić information content (AvgIpc) is 2.88. The van der Waals surface area contributed by atoms with Crippen molar-refractivity contribution < 1.29 is 4.74 Å². The van der Waals surface area contributed by atoms with Gasteiger partial charge in [0.2, 0.25) is 0 Å². The maximum Gasteiger partial charge on any atom is 0.0952 e. The van der Waals surface area contributed by atoms with Gasteiger partial charge < -0.3 is 14.6 Å². The van der Waals surface area contributed by atoms with Crippen LogP contribution in [0.2, 0.25) is 0 Å². The van der Waals surface area contributed by atoms with Crippen LogP contribution < -0.4 is 5.32 Å². The molecule has 2 unspecified atom stereocenters. The summed E-state index contributed by atoms with van der Waals surface area (Å²) in [5, 5.41) is 3.49. The van der Waals surface area contributed by atoms with E-state index in [0.29, 0.717) is 12.1 Å². The van der Waals surface area contributed by atoms with Crippen molar-refractivity contribution >= 4 is 0 Å². The fraction of sp³-hybridized carbons (Fsp3) is 0.727. The van der Waals surface area contributed by atoms with E-state index in [9.17, 15) is 0 Å². The Morgan fingerprint density at radius 2 is 2.60 bits per heavy atom. The monoisotopic (exact) mass is 209 g/mol. The average molecular weight is 209 g/mol. The minimum absolute atomic E-state index is 0.356. The molecule has 1 N–H and O–H groups in total. The van der Waals surface area contributed by atoms with Gasteiger partial charge >= 0.3 is 0 Å². The third kappa shape index (κ3) is 2.21. The molecule has 84 valence electrons. The summed E-state index contributed by atoms with van der Waals surface area (Å²) >= 11 is 0. The number of ether oxygens (including phenoxy) is 1. The standard InChI is InChI=1S/C11H19N3O/c1-9(7-15-2)14-8-12-6-11(14)10-4-3-5-13-10/h6,8-10,13H,3-5,7H2,1-2H3. The number of hydrogen-bond donors (Lipinski definition) is 1. The van der Waals surface area contributed by atoms with Crippen LogP contribution in [0, 0.1) is 0 Å². The van der Waals surface area contributed by atoms with E-state index in [1.54, 1.807) is 7.11 Å². The quantitative estimate of drug-likeness (QED) is 0.817. The second-order valence-corrected chi connectivity index (χ2v) is 4.18. The summed E-state index contributed by atoms with van der Waals surface area (Å²) < 4.78 is 7.39. The predicted molar refractivity (Wildman–Crippen MR) is 58.8 cm³/mol. The largest absolute Gasteiger partial charge is 0.383 e. The number of rotatable bonds is 4. The number of hydrogen-bond acceptors (Lipinski definition) is 3. The minimum Gasteiger partial charge on any atom is -0.383 e. The molecule has 0 radical (unpaired) electrons. The van der Waals surface area contributed by atoms with E-state index in [-0.39, 0.29) is 0 Å². The van der Waals surface area contributed by atoms with E-state index in [1.165, 1.54) is 18.5 Å². The van der Waals surface area contributed by atoms with Crippen LogP contribution in [0.1, 0.15) is 37.5 Å². The van der Waals surface area contributed by atoms with Crippen molar-refractivity contribution in [2.45, 2.75) is 31.8 Å². The van der Waals surface area contributed by atoms with Gasteiger partial charge in [-0.3, -0.25) is 0 Å². The maximum atomic E-state index is 5.18. The maximum absolute atomic E-state index is 5.18. The molecule has 0 spiro atoms. The number of aromatic nitrogens is 2. The molecule has 2 rings (SSSR count). The molecule has 2 heterocycles. The smallest absolute Gasteiger partial charge is 0.0952 e. The van der Waals surface area contributed by atoms with Gasteiger partial charge in [-0.05, 0) is 26.3 Å². The van der Waals surface area contributed by atoms with Crippen molar-refractivity contribution in [3.63, 3.8) is 0 Å². The Kier molecular flexibility index (Phi) is 3.38. The Bertz CT molecular complexity index is 305. The summed E-state index contributed by atoms with van der Waals surface area (Å²) in [5.41, 5.74) is 1.29. The molecule has 1 fully saturated rings. The number of imidazole rings is 1. The van der Waals surface area contributed by atoms with Crippen LogP contribution in [-0.2, 0) is 4.74 Å². The van der Waals surface area contributed by atoms with Gasteiger partial charge in [0.25, 0.3) is 0 Å². The molecule has 0 amide bonds. The van der Waals surface area contributed by atoms with Crippen LogP contribution in [-0.4, -0.2) is 29.8 Å². The molecule has 0 bridgehead atoms. The van der Waals surface area contributed by atoms with E-state index >= 15 is 0 Å². The third-order valence-electron chi connectivity index (χ3n) is 3.00. The molecule has 0 saturated carbocycles. The van der Waals surface area contributed by atoms with Crippen molar-refractivity contribution in [2.24, 2.45) is 0 Å². The molecule has 1 aliphatic heterocycles. The van der Waals surface area contributed by atoms with Crippen LogP contribution in [0.25, 0.3) is 0 Å². The van der Waals surface area contributed by atoms with Crippen molar-refractivity contribution in [1.29, 1.82) is 0 Å². The highest BCUT2D eigenvalue weighted by Gasteiger charge is 2.21. The van der Waals surface area contributed by atoms with Crippen LogP contribution >= 0.6 is 0 Å². The second-order valence-electron chi connectivity index (χ2n) is 4.18. The molecule has 1 aromatic rings. The number of nitrogens with one attached hydrogen (secondary N) is 1. The molecule has 0 aromatic carbocycles. The Hall–Kier alpha value is -0.870. The summed E-state index contributed by atoms with van der Waals surface area (Å²) in [7, 11) is 1.74. The molecule has 2 atom stereocenters. The van der Waals surface area contributed by atoms with Gasteiger partial charge in [-0.25, -0.2) is 4.98 Å². The van der Waals surface area contributed by atoms with Gasteiger partial charge in [0.05, 0.1) is 24.7 Å². The zero-order valence-corrected chi connectivity index (χ0v) is 9.44. The van der Waals surface area contributed by atoms with E-state index < -0.39 is 0 Å². The van der Waals surface area contributed by atoms with Crippen LogP contribution in [0.4, 0.5) is 0 Å². The molecule has 4 heteroatoms. The van der Waals surface area contributed by atoms with Crippen molar-refractivity contribution in [3.05, 3.63) is 18.2 Å². The fourth-order valence-corrected chi connectivity index (χ4v) is 2.21. The zero-order chi connectivity index (χ0) is 10.7. The van der Waals surface area contributed by atoms with Gasteiger partial charge in [-0.2, -0.15) is 0 Å². The highest BCUT2D eigenvalue weighted by molar-refractivity contribution is 5.08.